The SMILES string of the molecule is C=C.CC.CC.CCC1CN(C(C)C)C(F)(F)C1. The molecule has 1 fully saturated rings. The van der Waals surface area contributed by atoms with Crippen LogP contribution in [-0.4, -0.2) is 23.5 Å². The summed E-state index contributed by atoms with van der Waals surface area (Å²) in [6.07, 6.45) is 0.903. The fraction of sp³-hybridized carbons (Fsp3) is 0.867. The highest BCUT2D eigenvalue weighted by molar-refractivity contribution is 4.85. The first kappa shape index (κ1) is 22.7. The van der Waals surface area contributed by atoms with Crippen LogP contribution in [0.15, 0.2) is 13.2 Å². The van der Waals surface area contributed by atoms with Crippen LogP contribution in [0.5, 0.6) is 0 Å². The minimum absolute atomic E-state index is 0.0433. The molecule has 3 heteroatoms. The molecule has 18 heavy (non-hydrogen) atoms. The molecule has 0 bridgehead atoms. The van der Waals surface area contributed by atoms with Gasteiger partial charge in [-0.1, -0.05) is 41.0 Å². The zero-order valence-electron chi connectivity index (χ0n) is 13.4. The van der Waals surface area contributed by atoms with Crippen LogP contribution in [0.1, 0.15) is 61.3 Å². The highest BCUT2D eigenvalue weighted by Gasteiger charge is 2.46. The molecule has 0 amide bonds. The Morgan fingerprint density at radius 2 is 1.56 bits per heavy atom. The van der Waals surface area contributed by atoms with Gasteiger partial charge in [0, 0.05) is 19.0 Å². The topological polar surface area (TPSA) is 3.24 Å². The molecule has 112 valence electrons. The van der Waals surface area contributed by atoms with Crippen LogP contribution >= 0.6 is 0 Å². The van der Waals surface area contributed by atoms with Gasteiger partial charge in [0.1, 0.15) is 0 Å². The quantitative estimate of drug-likeness (QED) is 0.466. The lowest BCUT2D eigenvalue weighted by Gasteiger charge is -2.27. The molecule has 0 aromatic carbocycles. The third kappa shape index (κ3) is 7.80. The summed E-state index contributed by atoms with van der Waals surface area (Å²) in [5.74, 6) is 0.183. The molecule has 1 rings (SSSR count). The highest BCUT2D eigenvalue weighted by atomic mass is 19.3. The van der Waals surface area contributed by atoms with Crippen LogP contribution in [0.4, 0.5) is 8.78 Å². The minimum atomic E-state index is -2.56. The van der Waals surface area contributed by atoms with E-state index in [1.54, 1.807) is 0 Å². The summed E-state index contributed by atoms with van der Waals surface area (Å²) < 4.78 is 26.4. The fourth-order valence-corrected chi connectivity index (χ4v) is 1.80. The largest absolute Gasteiger partial charge is 0.305 e. The second kappa shape index (κ2) is 13.0. The van der Waals surface area contributed by atoms with E-state index in [0.717, 1.165) is 6.42 Å². The smallest absolute Gasteiger partial charge is 0.242 e. The van der Waals surface area contributed by atoms with Crippen molar-refractivity contribution in [2.75, 3.05) is 6.54 Å². The molecular formula is C15H33F2N. The predicted octanol–water partition coefficient (Wildman–Crippen LogP) is 5.57. The molecule has 0 saturated carbocycles. The molecule has 0 spiro atoms. The van der Waals surface area contributed by atoms with Crippen molar-refractivity contribution in [3.8, 4) is 0 Å². The van der Waals surface area contributed by atoms with Gasteiger partial charge < -0.3 is 0 Å². The molecule has 0 aliphatic carbocycles. The zero-order valence-corrected chi connectivity index (χ0v) is 13.4. The van der Waals surface area contributed by atoms with E-state index in [1.165, 1.54) is 4.90 Å². The minimum Gasteiger partial charge on any atom is -0.242 e. The number of hydrogen-bond acceptors (Lipinski definition) is 1. The number of nitrogens with zero attached hydrogens (tertiary/aromatic N) is 1. The molecule has 1 atom stereocenters. The van der Waals surface area contributed by atoms with Gasteiger partial charge in [0.05, 0.1) is 0 Å². The Morgan fingerprint density at radius 3 is 1.72 bits per heavy atom. The molecule has 1 aliphatic heterocycles. The van der Waals surface area contributed by atoms with Gasteiger partial charge in [-0.05, 0) is 19.8 Å². The van der Waals surface area contributed by atoms with Crippen LogP contribution in [0.3, 0.4) is 0 Å². The van der Waals surface area contributed by atoms with E-state index in [2.05, 4.69) is 13.2 Å². The van der Waals surface area contributed by atoms with E-state index in [4.69, 9.17) is 0 Å². The van der Waals surface area contributed by atoms with Gasteiger partial charge in [-0.15, -0.1) is 13.2 Å². The van der Waals surface area contributed by atoms with Gasteiger partial charge in [0.15, 0.2) is 0 Å². The van der Waals surface area contributed by atoms with E-state index in [1.807, 2.05) is 48.5 Å². The highest BCUT2D eigenvalue weighted by Crippen LogP contribution is 2.38. The summed E-state index contributed by atoms with van der Waals surface area (Å²) in [4.78, 5) is 1.31. The Morgan fingerprint density at radius 1 is 1.17 bits per heavy atom. The van der Waals surface area contributed by atoms with E-state index < -0.39 is 6.05 Å². The zero-order chi connectivity index (χ0) is 15.4. The van der Waals surface area contributed by atoms with E-state index in [0.29, 0.717) is 6.54 Å². The molecule has 1 heterocycles. The van der Waals surface area contributed by atoms with Gasteiger partial charge in [0.25, 0.3) is 0 Å². The maximum Gasteiger partial charge on any atom is 0.305 e. The summed E-state index contributed by atoms with van der Waals surface area (Å²) in [7, 11) is 0. The van der Waals surface area contributed by atoms with Crippen molar-refractivity contribution in [1.82, 2.24) is 4.90 Å². The molecule has 0 aromatic rings. The maximum atomic E-state index is 13.2. The van der Waals surface area contributed by atoms with Crippen LogP contribution in [0.2, 0.25) is 0 Å². The summed E-state index contributed by atoms with van der Waals surface area (Å²) in [5.41, 5.74) is 0. The lowest BCUT2D eigenvalue weighted by Crippen LogP contribution is -2.40. The monoisotopic (exact) mass is 265 g/mol. The van der Waals surface area contributed by atoms with Crippen molar-refractivity contribution in [2.24, 2.45) is 5.92 Å². The third-order valence-electron chi connectivity index (χ3n) is 2.61. The van der Waals surface area contributed by atoms with Crippen LogP contribution in [0.25, 0.3) is 0 Å². The molecule has 1 aliphatic rings. The van der Waals surface area contributed by atoms with Gasteiger partial charge >= 0.3 is 6.05 Å². The van der Waals surface area contributed by atoms with Crippen molar-refractivity contribution < 1.29 is 8.78 Å². The lowest BCUT2D eigenvalue weighted by molar-refractivity contribution is -0.132. The molecule has 0 aromatic heterocycles. The lowest BCUT2D eigenvalue weighted by atomic mass is 10.1. The molecular weight excluding hydrogens is 232 g/mol. The fourth-order valence-electron chi connectivity index (χ4n) is 1.80. The van der Waals surface area contributed by atoms with Crippen LogP contribution in [-0.2, 0) is 0 Å². The van der Waals surface area contributed by atoms with Gasteiger partial charge in [-0.2, -0.15) is 8.78 Å². The van der Waals surface area contributed by atoms with Crippen molar-refractivity contribution in [2.45, 2.75) is 73.4 Å². The molecule has 0 N–H and O–H groups in total. The Hall–Kier alpha value is -0.440. The second-order valence-corrected chi connectivity index (χ2v) is 3.89. The third-order valence-corrected chi connectivity index (χ3v) is 2.61. The Kier molecular flexibility index (Phi) is 16.4. The van der Waals surface area contributed by atoms with Crippen LogP contribution in [0, 0.1) is 5.92 Å². The van der Waals surface area contributed by atoms with E-state index in [-0.39, 0.29) is 18.4 Å². The number of hydrogen-bond donors (Lipinski definition) is 0. The van der Waals surface area contributed by atoms with Gasteiger partial charge in [-0.3, -0.25) is 0 Å². The first-order valence-electron chi connectivity index (χ1n) is 7.12. The van der Waals surface area contributed by atoms with E-state index >= 15 is 0 Å². The molecule has 1 unspecified atom stereocenters. The van der Waals surface area contributed by atoms with Gasteiger partial charge in [0.2, 0.25) is 0 Å². The second-order valence-electron chi connectivity index (χ2n) is 3.89. The molecule has 1 saturated heterocycles. The first-order valence-corrected chi connectivity index (χ1v) is 7.12. The predicted molar refractivity (Wildman–Crippen MR) is 79.1 cm³/mol. The average Bonchev–Trinajstić information content (AvgIpc) is 2.72. The average molecular weight is 265 g/mol. The normalized spacial score (nSPS) is 20.9. The number of likely N-dealkylation sites (tertiary alicyclic amines) is 1. The number of alkyl halides is 2. The van der Waals surface area contributed by atoms with Crippen molar-refractivity contribution in [1.29, 1.82) is 0 Å². The Bertz CT molecular complexity index is 170. The Balaban J connectivity index is -0.000000328. The summed E-state index contributed by atoms with van der Waals surface area (Å²) >= 11 is 0. The van der Waals surface area contributed by atoms with Gasteiger partial charge in [-0.25, -0.2) is 4.90 Å². The summed E-state index contributed by atoms with van der Waals surface area (Å²) in [6.45, 7) is 20.2. The summed E-state index contributed by atoms with van der Waals surface area (Å²) in [6, 6.07) is -2.61. The first-order chi connectivity index (χ1) is 8.47. The van der Waals surface area contributed by atoms with Crippen molar-refractivity contribution >= 4 is 0 Å². The van der Waals surface area contributed by atoms with Crippen LogP contribution < -0.4 is 0 Å². The standard InChI is InChI=1S/C9H17F2N.2C2H6.C2H4/c1-4-8-5-9(10,11)12(6-8)7(2)3;3*1-2/h7-8H,4-6H2,1-3H3;2*1-2H3;1-2H2. The van der Waals surface area contributed by atoms with E-state index in [9.17, 15) is 8.78 Å². The number of rotatable bonds is 2. The van der Waals surface area contributed by atoms with Crippen molar-refractivity contribution in [3.63, 3.8) is 0 Å². The Labute approximate surface area is 113 Å². The summed E-state index contributed by atoms with van der Waals surface area (Å²) in [5, 5.41) is 0. The number of halogens is 2. The molecule has 1 nitrogen and oxygen atoms in total. The molecule has 0 radical (unpaired) electrons. The van der Waals surface area contributed by atoms with Crippen molar-refractivity contribution in [3.05, 3.63) is 13.2 Å². The maximum absolute atomic E-state index is 13.2.